The highest BCUT2D eigenvalue weighted by molar-refractivity contribution is 5.91. The van der Waals surface area contributed by atoms with Gasteiger partial charge in [0.2, 0.25) is 0 Å². The normalized spacial score (nSPS) is 24.9. The third-order valence-corrected chi connectivity index (χ3v) is 8.27. The van der Waals surface area contributed by atoms with Crippen LogP contribution in [0.2, 0.25) is 0 Å². The first kappa shape index (κ1) is 26.3. The maximum atomic E-state index is 13.2. The molecule has 0 amide bonds. The van der Waals surface area contributed by atoms with E-state index in [-0.39, 0.29) is 18.1 Å². The fraction of sp³-hybridized carbons (Fsp3) is 0.593. The molecule has 2 bridgehead atoms. The zero-order chi connectivity index (χ0) is 27.1. The number of H-pyrrole nitrogens is 1. The lowest BCUT2D eigenvalue weighted by Crippen LogP contribution is -2.50. The van der Waals surface area contributed by atoms with Crippen molar-refractivity contribution < 1.29 is 13.2 Å². The number of alkyl halides is 3. The van der Waals surface area contributed by atoms with Crippen molar-refractivity contribution in [2.75, 3.05) is 50.4 Å². The second kappa shape index (κ2) is 10.5. The van der Waals surface area contributed by atoms with E-state index in [1.54, 1.807) is 4.90 Å². The van der Waals surface area contributed by atoms with Gasteiger partial charge in [0.1, 0.15) is 11.6 Å². The molecule has 0 radical (unpaired) electrons. The standard InChI is InChI=1S/C27H36F3N9/c1-17-11-25(36-35-17)33-24-14-23-22(6-3-18(31-23)15-38-9-7-37(2)8-10-38)26(34-24)32-19-12-20-4-5-21(13-19)39(20)16-27(28,29)30/h3,6,11,14,19-21H,4-5,7-10,12-13,15-16H2,1-2H3,(H3,32,33,34,35,36)/t19?,20-,21+. The molecule has 3 atom stereocenters. The number of fused-ring (bicyclic) bond motifs is 3. The van der Waals surface area contributed by atoms with Crippen molar-refractivity contribution in [3.05, 3.63) is 35.7 Å². The average molecular weight is 544 g/mol. The topological polar surface area (TPSA) is 88.2 Å². The third-order valence-electron chi connectivity index (χ3n) is 8.27. The fourth-order valence-electron chi connectivity index (χ4n) is 6.33. The van der Waals surface area contributed by atoms with E-state index in [1.165, 1.54) is 0 Å². The summed E-state index contributed by atoms with van der Waals surface area (Å²) < 4.78 is 39.5. The third kappa shape index (κ3) is 6.12. The SMILES string of the molecule is Cc1cc(Nc2cc3nc(CN4CCN(C)CC4)ccc3c(NC3C[C@H]4CC[C@@H](C3)N4CC(F)(F)F)n2)n[nH]1. The summed E-state index contributed by atoms with van der Waals surface area (Å²) >= 11 is 0. The van der Waals surface area contributed by atoms with Crippen molar-refractivity contribution in [3.63, 3.8) is 0 Å². The first-order chi connectivity index (χ1) is 18.7. The van der Waals surface area contributed by atoms with Crippen LogP contribution in [0.15, 0.2) is 24.3 Å². The first-order valence-corrected chi connectivity index (χ1v) is 13.8. The van der Waals surface area contributed by atoms with Gasteiger partial charge in [0.15, 0.2) is 5.82 Å². The predicted octanol–water partition coefficient (Wildman–Crippen LogP) is 4.12. The number of hydrogen-bond acceptors (Lipinski definition) is 8. The van der Waals surface area contributed by atoms with E-state index in [0.717, 1.165) is 67.9 Å². The van der Waals surface area contributed by atoms with Crippen LogP contribution in [-0.2, 0) is 6.54 Å². The Morgan fingerprint density at radius 3 is 2.41 bits per heavy atom. The van der Waals surface area contributed by atoms with Crippen LogP contribution < -0.4 is 10.6 Å². The zero-order valence-electron chi connectivity index (χ0n) is 22.4. The Kier molecular flexibility index (Phi) is 7.11. The molecule has 12 heteroatoms. The molecule has 3 saturated heterocycles. The fourth-order valence-corrected chi connectivity index (χ4v) is 6.33. The van der Waals surface area contributed by atoms with Gasteiger partial charge in [-0.05, 0) is 51.8 Å². The Morgan fingerprint density at radius 2 is 1.74 bits per heavy atom. The number of rotatable bonds is 7. The Bertz CT molecular complexity index is 1290. The molecular weight excluding hydrogens is 507 g/mol. The van der Waals surface area contributed by atoms with Crippen molar-refractivity contribution >= 4 is 28.4 Å². The van der Waals surface area contributed by atoms with Crippen LogP contribution >= 0.6 is 0 Å². The second-order valence-electron chi connectivity index (χ2n) is 11.4. The van der Waals surface area contributed by atoms with Crippen molar-refractivity contribution in [2.45, 2.75) is 63.5 Å². The summed E-state index contributed by atoms with van der Waals surface area (Å²) in [5.41, 5.74) is 2.76. The van der Waals surface area contributed by atoms with Gasteiger partial charge in [0.05, 0.1) is 17.8 Å². The second-order valence-corrected chi connectivity index (χ2v) is 11.4. The largest absolute Gasteiger partial charge is 0.401 e. The molecule has 6 heterocycles. The number of halogens is 3. The number of nitrogens with zero attached hydrogens (tertiary/aromatic N) is 6. The van der Waals surface area contributed by atoms with Crippen LogP contribution in [0, 0.1) is 6.92 Å². The first-order valence-electron chi connectivity index (χ1n) is 13.8. The van der Waals surface area contributed by atoms with Gasteiger partial charge in [0, 0.05) is 74.1 Å². The van der Waals surface area contributed by atoms with Crippen LogP contribution in [0.3, 0.4) is 0 Å². The smallest absolute Gasteiger partial charge is 0.367 e. The van der Waals surface area contributed by atoms with E-state index in [2.05, 4.69) is 49.8 Å². The van der Waals surface area contributed by atoms with Crippen LogP contribution in [0.1, 0.15) is 37.1 Å². The zero-order valence-corrected chi connectivity index (χ0v) is 22.4. The Balaban J connectivity index is 1.25. The number of aromatic nitrogens is 4. The Hall–Kier alpha value is -2.96. The molecule has 1 unspecified atom stereocenters. The van der Waals surface area contributed by atoms with Crippen LogP contribution in [0.25, 0.3) is 10.9 Å². The number of aryl methyl sites for hydroxylation is 1. The summed E-state index contributed by atoms with van der Waals surface area (Å²) in [6, 6.07) is 7.91. The van der Waals surface area contributed by atoms with Gasteiger partial charge < -0.3 is 15.5 Å². The monoisotopic (exact) mass is 543 g/mol. The highest BCUT2D eigenvalue weighted by Crippen LogP contribution is 2.39. The van der Waals surface area contributed by atoms with E-state index in [4.69, 9.17) is 9.97 Å². The lowest BCUT2D eigenvalue weighted by Gasteiger charge is -2.39. The van der Waals surface area contributed by atoms with Crippen molar-refractivity contribution in [3.8, 4) is 0 Å². The van der Waals surface area contributed by atoms with Gasteiger partial charge >= 0.3 is 6.18 Å². The minimum atomic E-state index is -4.17. The van der Waals surface area contributed by atoms with Gasteiger partial charge in [-0.3, -0.25) is 19.9 Å². The van der Waals surface area contributed by atoms with Gasteiger partial charge in [-0.2, -0.15) is 18.3 Å². The van der Waals surface area contributed by atoms with Crippen LogP contribution in [0.5, 0.6) is 0 Å². The molecular formula is C27H36F3N9. The minimum absolute atomic E-state index is 0.0515. The summed E-state index contributed by atoms with van der Waals surface area (Å²) in [6.07, 6.45) is -1.21. The average Bonchev–Trinajstić information content (AvgIpc) is 3.37. The van der Waals surface area contributed by atoms with Crippen molar-refractivity contribution in [1.29, 1.82) is 0 Å². The molecule has 39 heavy (non-hydrogen) atoms. The molecule has 0 aliphatic carbocycles. The number of hydrogen-bond donors (Lipinski definition) is 3. The molecule has 3 fully saturated rings. The van der Waals surface area contributed by atoms with Gasteiger partial charge in [-0.1, -0.05) is 0 Å². The Labute approximate surface area is 226 Å². The molecule has 3 aliphatic rings. The van der Waals surface area contributed by atoms with E-state index < -0.39 is 12.7 Å². The summed E-state index contributed by atoms with van der Waals surface area (Å²) in [6.45, 7) is 6.03. The lowest BCUT2D eigenvalue weighted by molar-refractivity contribution is -0.155. The molecule has 9 nitrogen and oxygen atoms in total. The summed E-state index contributed by atoms with van der Waals surface area (Å²) in [5, 5.41) is 15.0. The predicted molar refractivity (Wildman–Crippen MR) is 145 cm³/mol. The molecule has 3 aromatic heterocycles. The van der Waals surface area contributed by atoms with E-state index in [0.29, 0.717) is 30.3 Å². The maximum Gasteiger partial charge on any atom is 0.401 e. The number of aromatic amines is 1. The molecule has 210 valence electrons. The highest BCUT2D eigenvalue weighted by atomic mass is 19.4. The number of pyridine rings is 2. The minimum Gasteiger partial charge on any atom is -0.367 e. The number of anilines is 3. The van der Waals surface area contributed by atoms with E-state index in [1.807, 2.05) is 19.1 Å². The molecule has 3 N–H and O–H groups in total. The summed E-state index contributed by atoms with van der Waals surface area (Å²) in [5.74, 6) is 1.99. The van der Waals surface area contributed by atoms with Gasteiger partial charge in [0.25, 0.3) is 0 Å². The van der Waals surface area contributed by atoms with Crippen molar-refractivity contribution in [1.82, 2.24) is 34.9 Å². The molecule has 3 aliphatic heterocycles. The lowest BCUT2D eigenvalue weighted by atomic mass is 9.97. The van der Waals surface area contributed by atoms with Crippen molar-refractivity contribution in [2.24, 2.45) is 0 Å². The van der Waals surface area contributed by atoms with Gasteiger partial charge in [-0.25, -0.2) is 4.98 Å². The molecule has 0 saturated carbocycles. The van der Waals surface area contributed by atoms with Crippen LogP contribution in [-0.4, -0.2) is 98.9 Å². The molecule has 6 rings (SSSR count). The molecule has 0 aromatic carbocycles. The molecule has 3 aromatic rings. The number of piperidine rings is 1. The number of piperazine rings is 1. The summed E-state index contributed by atoms with van der Waals surface area (Å²) in [7, 11) is 2.15. The maximum absolute atomic E-state index is 13.2. The van der Waals surface area contributed by atoms with Gasteiger partial charge in [-0.15, -0.1) is 0 Å². The summed E-state index contributed by atoms with van der Waals surface area (Å²) in [4.78, 5) is 16.3. The van der Waals surface area contributed by atoms with Crippen LogP contribution in [0.4, 0.5) is 30.6 Å². The quantitative estimate of drug-likeness (QED) is 0.410. The molecule has 0 spiro atoms. The van der Waals surface area contributed by atoms with E-state index >= 15 is 0 Å². The number of nitrogens with one attached hydrogen (secondary N) is 3. The van der Waals surface area contributed by atoms with E-state index in [9.17, 15) is 13.2 Å². The highest BCUT2D eigenvalue weighted by Gasteiger charge is 2.45. The Morgan fingerprint density at radius 1 is 1.00 bits per heavy atom. The number of likely N-dealkylation sites (N-methyl/N-ethyl adjacent to an activating group) is 1.